The van der Waals surface area contributed by atoms with Crippen LogP contribution in [0.3, 0.4) is 0 Å². The Morgan fingerprint density at radius 3 is 1.87 bits per heavy atom. The molecule has 0 aromatic carbocycles. The Balaban J connectivity index is 3.22. The van der Waals surface area contributed by atoms with Crippen molar-refractivity contribution >= 4 is 0 Å². The van der Waals surface area contributed by atoms with Gasteiger partial charge < -0.3 is 5.73 Å². The molecular formula is C14H31N. The normalized spacial score (nSPS) is 13.0. The van der Waals surface area contributed by atoms with Gasteiger partial charge in [-0.1, -0.05) is 65.2 Å². The summed E-state index contributed by atoms with van der Waals surface area (Å²) in [7, 11) is 0. The molecule has 2 N–H and O–H groups in total. The first-order chi connectivity index (χ1) is 7.35. The first-order valence-electron chi connectivity index (χ1n) is 7.05. The molecule has 0 amide bonds. The summed E-state index contributed by atoms with van der Waals surface area (Å²) in [5.41, 5.74) is 5.78. The molecule has 0 aromatic rings. The summed E-state index contributed by atoms with van der Waals surface area (Å²) in [5.74, 6) is 0.802. The Morgan fingerprint density at radius 2 is 1.27 bits per heavy atom. The topological polar surface area (TPSA) is 26.0 Å². The smallest absolute Gasteiger partial charge is 0.00489 e. The van der Waals surface area contributed by atoms with E-state index in [1.807, 2.05) is 0 Å². The molecule has 0 aliphatic carbocycles. The van der Waals surface area contributed by atoms with Crippen molar-refractivity contribution in [2.75, 3.05) is 6.54 Å². The lowest BCUT2D eigenvalue weighted by atomic mass is 9.95. The van der Waals surface area contributed by atoms with Crippen LogP contribution in [0, 0.1) is 5.92 Å². The van der Waals surface area contributed by atoms with Crippen LogP contribution in [0.1, 0.15) is 78.1 Å². The van der Waals surface area contributed by atoms with Crippen LogP contribution in [0.25, 0.3) is 0 Å². The second-order valence-electron chi connectivity index (χ2n) is 4.80. The van der Waals surface area contributed by atoms with Crippen molar-refractivity contribution in [3.8, 4) is 0 Å². The van der Waals surface area contributed by atoms with Gasteiger partial charge in [-0.25, -0.2) is 0 Å². The molecule has 92 valence electrons. The van der Waals surface area contributed by atoms with E-state index in [1.165, 1.54) is 64.2 Å². The van der Waals surface area contributed by atoms with E-state index in [0.29, 0.717) is 0 Å². The van der Waals surface area contributed by atoms with Crippen molar-refractivity contribution in [2.24, 2.45) is 11.7 Å². The zero-order chi connectivity index (χ0) is 11.4. The number of unbranched alkanes of at least 4 members (excludes halogenated alkanes) is 6. The highest BCUT2D eigenvalue weighted by molar-refractivity contribution is 4.60. The van der Waals surface area contributed by atoms with Gasteiger partial charge in [-0.2, -0.15) is 0 Å². The van der Waals surface area contributed by atoms with Gasteiger partial charge in [0.05, 0.1) is 0 Å². The van der Waals surface area contributed by atoms with Crippen LogP contribution in [0.4, 0.5) is 0 Å². The average Bonchev–Trinajstić information content (AvgIpc) is 2.27. The summed E-state index contributed by atoms with van der Waals surface area (Å²) in [5, 5.41) is 0. The summed E-state index contributed by atoms with van der Waals surface area (Å²) in [6.45, 7) is 5.43. The van der Waals surface area contributed by atoms with Gasteiger partial charge in [0, 0.05) is 0 Å². The fourth-order valence-electron chi connectivity index (χ4n) is 2.09. The molecule has 0 aliphatic rings. The van der Waals surface area contributed by atoms with Crippen molar-refractivity contribution < 1.29 is 0 Å². The molecule has 0 saturated carbocycles. The predicted octanol–water partition coefficient (Wildman–Crippen LogP) is 4.50. The number of hydrogen-bond acceptors (Lipinski definition) is 1. The Morgan fingerprint density at radius 1 is 0.733 bits per heavy atom. The Kier molecular flexibility index (Phi) is 12.0. The van der Waals surface area contributed by atoms with Crippen LogP contribution in [0.5, 0.6) is 0 Å². The van der Waals surface area contributed by atoms with Crippen molar-refractivity contribution in [1.29, 1.82) is 0 Å². The van der Waals surface area contributed by atoms with Gasteiger partial charge in [0.15, 0.2) is 0 Å². The molecule has 1 atom stereocenters. The molecule has 0 heterocycles. The molecule has 1 heteroatoms. The van der Waals surface area contributed by atoms with E-state index in [-0.39, 0.29) is 0 Å². The Labute approximate surface area is 96.8 Å². The third kappa shape index (κ3) is 10.2. The van der Waals surface area contributed by atoms with Gasteiger partial charge in [0.25, 0.3) is 0 Å². The maximum absolute atomic E-state index is 5.78. The highest BCUT2D eigenvalue weighted by Crippen LogP contribution is 2.16. The SMILES string of the molecule is CCCCCCCCC(CN)CCCC. The van der Waals surface area contributed by atoms with Crippen LogP contribution in [-0.2, 0) is 0 Å². The minimum absolute atomic E-state index is 0.802. The predicted molar refractivity (Wildman–Crippen MR) is 70.1 cm³/mol. The zero-order valence-electron chi connectivity index (χ0n) is 10.9. The van der Waals surface area contributed by atoms with Crippen LogP contribution in [-0.4, -0.2) is 6.54 Å². The van der Waals surface area contributed by atoms with Crippen LogP contribution in [0.2, 0.25) is 0 Å². The van der Waals surface area contributed by atoms with Crippen molar-refractivity contribution in [3.05, 3.63) is 0 Å². The van der Waals surface area contributed by atoms with Crippen LogP contribution < -0.4 is 5.73 Å². The van der Waals surface area contributed by atoms with E-state index in [4.69, 9.17) is 5.73 Å². The van der Waals surface area contributed by atoms with E-state index in [2.05, 4.69) is 13.8 Å². The summed E-state index contributed by atoms with van der Waals surface area (Å²) < 4.78 is 0. The quantitative estimate of drug-likeness (QED) is 0.502. The molecule has 0 radical (unpaired) electrons. The van der Waals surface area contributed by atoms with Crippen molar-refractivity contribution in [3.63, 3.8) is 0 Å². The highest BCUT2D eigenvalue weighted by atomic mass is 14.5. The van der Waals surface area contributed by atoms with E-state index >= 15 is 0 Å². The standard InChI is InChI=1S/C14H31N/c1-3-5-7-8-9-10-12-14(13-15)11-6-4-2/h14H,3-13,15H2,1-2H3. The maximum atomic E-state index is 5.78. The Bertz CT molecular complexity index is 112. The molecule has 0 aromatic heterocycles. The van der Waals surface area contributed by atoms with E-state index in [1.54, 1.807) is 0 Å². The second kappa shape index (κ2) is 12.0. The van der Waals surface area contributed by atoms with Crippen LogP contribution >= 0.6 is 0 Å². The summed E-state index contributed by atoms with van der Waals surface area (Å²) >= 11 is 0. The largest absolute Gasteiger partial charge is 0.330 e. The molecule has 0 rings (SSSR count). The third-order valence-electron chi connectivity index (χ3n) is 3.27. The molecule has 1 unspecified atom stereocenters. The molecule has 15 heavy (non-hydrogen) atoms. The monoisotopic (exact) mass is 213 g/mol. The van der Waals surface area contributed by atoms with Crippen molar-refractivity contribution in [1.82, 2.24) is 0 Å². The highest BCUT2D eigenvalue weighted by Gasteiger charge is 2.05. The van der Waals surface area contributed by atoms with Gasteiger partial charge in [-0.3, -0.25) is 0 Å². The lowest BCUT2D eigenvalue weighted by Gasteiger charge is -2.13. The molecule has 0 fully saturated rings. The molecule has 0 spiro atoms. The summed E-state index contributed by atoms with van der Waals surface area (Å²) in [4.78, 5) is 0. The molecule has 0 saturated heterocycles. The van der Waals surface area contributed by atoms with Crippen LogP contribution in [0.15, 0.2) is 0 Å². The van der Waals surface area contributed by atoms with Gasteiger partial charge in [0.2, 0.25) is 0 Å². The van der Waals surface area contributed by atoms with E-state index in [9.17, 15) is 0 Å². The van der Waals surface area contributed by atoms with E-state index < -0.39 is 0 Å². The minimum atomic E-state index is 0.802. The lowest BCUT2D eigenvalue weighted by molar-refractivity contribution is 0.419. The first kappa shape index (κ1) is 15.0. The van der Waals surface area contributed by atoms with Gasteiger partial charge >= 0.3 is 0 Å². The Hall–Kier alpha value is -0.0400. The molecular weight excluding hydrogens is 182 g/mol. The molecule has 0 bridgehead atoms. The van der Waals surface area contributed by atoms with Gasteiger partial charge in [0.1, 0.15) is 0 Å². The summed E-state index contributed by atoms with van der Waals surface area (Å²) in [6, 6.07) is 0. The second-order valence-corrected chi connectivity index (χ2v) is 4.80. The number of hydrogen-bond donors (Lipinski definition) is 1. The first-order valence-corrected chi connectivity index (χ1v) is 7.05. The fourth-order valence-corrected chi connectivity index (χ4v) is 2.09. The summed E-state index contributed by atoms with van der Waals surface area (Å²) in [6.07, 6.45) is 13.8. The lowest BCUT2D eigenvalue weighted by Crippen LogP contribution is -2.14. The third-order valence-corrected chi connectivity index (χ3v) is 3.27. The van der Waals surface area contributed by atoms with Gasteiger partial charge in [-0.15, -0.1) is 0 Å². The zero-order valence-corrected chi connectivity index (χ0v) is 10.9. The number of nitrogens with two attached hydrogens (primary N) is 1. The van der Waals surface area contributed by atoms with Gasteiger partial charge in [-0.05, 0) is 25.3 Å². The fraction of sp³-hybridized carbons (Fsp3) is 1.00. The average molecular weight is 213 g/mol. The minimum Gasteiger partial charge on any atom is -0.330 e. The maximum Gasteiger partial charge on any atom is -0.00489 e. The number of rotatable bonds is 11. The van der Waals surface area contributed by atoms with Crippen molar-refractivity contribution in [2.45, 2.75) is 78.1 Å². The molecule has 1 nitrogen and oxygen atoms in total. The molecule has 0 aliphatic heterocycles. The van der Waals surface area contributed by atoms with E-state index in [0.717, 1.165) is 12.5 Å².